The number of ether oxygens (including phenoxy) is 3. The van der Waals surface area contributed by atoms with Crippen LogP contribution in [0.4, 0.5) is 15.2 Å². The summed E-state index contributed by atoms with van der Waals surface area (Å²) in [5.74, 6) is -0.481. The molecule has 1 aliphatic heterocycles. The molecule has 0 aliphatic carbocycles. The summed E-state index contributed by atoms with van der Waals surface area (Å²) in [4.78, 5) is 34.4. The van der Waals surface area contributed by atoms with Crippen molar-refractivity contribution in [3.8, 4) is 11.5 Å². The molecule has 168 valence electrons. The number of carbonyl (C=O) groups is 2. The van der Waals surface area contributed by atoms with Crippen LogP contribution in [0.15, 0.2) is 58.5 Å². The van der Waals surface area contributed by atoms with Gasteiger partial charge in [0.2, 0.25) is 11.8 Å². The van der Waals surface area contributed by atoms with E-state index in [-0.39, 0.29) is 22.4 Å². The van der Waals surface area contributed by atoms with Crippen molar-refractivity contribution in [2.45, 2.75) is 6.92 Å². The van der Waals surface area contributed by atoms with Crippen LogP contribution in [0.1, 0.15) is 18.2 Å². The van der Waals surface area contributed by atoms with Crippen molar-refractivity contribution < 1.29 is 28.2 Å². The first-order valence-electron chi connectivity index (χ1n) is 9.66. The summed E-state index contributed by atoms with van der Waals surface area (Å²) >= 11 is 1.13. The maximum atomic E-state index is 14.3. The van der Waals surface area contributed by atoms with Crippen molar-refractivity contribution >= 4 is 46.0 Å². The summed E-state index contributed by atoms with van der Waals surface area (Å²) in [5.41, 5.74) is 0.997. The minimum absolute atomic E-state index is 0.0314. The fourth-order valence-corrected chi connectivity index (χ4v) is 3.93. The van der Waals surface area contributed by atoms with Gasteiger partial charge in [-0.1, -0.05) is 12.1 Å². The molecule has 0 bridgehead atoms. The predicted octanol–water partition coefficient (Wildman–Crippen LogP) is 4.33. The standard InChI is InChI=1S/C23H18FN3O5S/c1-13(28)27(20-7-5-4-6-18(20)24)23-25-15(12-33-23)10-19-22(29)32-21(26-19)14-8-16(30-2)11-17(9-14)31-3/h4-12H,1-3H3/b19-10+. The second-order valence-electron chi connectivity index (χ2n) is 6.80. The predicted molar refractivity (Wildman–Crippen MR) is 121 cm³/mol. The number of nitrogens with zero attached hydrogens (tertiary/aromatic N) is 3. The van der Waals surface area contributed by atoms with Crippen LogP contribution < -0.4 is 14.4 Å². The average molecular weight is 467 g/mol. The van der Waals surface area contributed by atoms with E-state index in [1.807, 2.05) is 0 Å². The number of hydrogen-bond donors (Lipinski definition) is 0. The van der Waals surface area contributed by atoms with Crippen molar-refractivity contribution in [2.75, 3.05) is 19.1 Å². The fourth-order valence-electron chi connectivity index (χ4n) is 3.09. The van der Waals surface area contributed by atoms with Crippen LogP contribution in [0.25, 0.3) is 6.08 Å². The Hall–Kier alpha value is -4.05. The smallest absolute Gasteiger partial charge is 0.363 e. The highest BCUT2D eigenvalue weighted by molar-refractivity contribution is 7.14. The first-order valence-corrected chi connectivity index (χ1v) is 10.5. The summed E-state index contributed by atoms with van der Waals surface area (Å²) in [6.07, 6.45) is 1.44. The molecular formula is C23H18FN3O5S. The lowest BCUT2D eigenvalue weighted by molar-refractivity contribution is -0.130. The van der Waals surface area contributed by atoms with E-state index in [1.54, 1.807) is 29.6 Å². The maximum Gasteiger partial charge on any atom is 0.363 e. The number of methoxy groups -OCH3 is 2. The summed E-state index contributed by atoms with van der Waals surface area (Å²) in [5, 5.41) is 1.89. The van der Waals surface area contributed by atoms with Crippen LogP contribution in [-0.2, 0) is 14.3 Å². The summed E-state index contributed by atoms with van der Waals surface area (Å²) < 4.78 is 30.0. The zero-order chi connectivity index (χ0) is 23.5. The Kier molecular flexibility index (Phi) is 6.18. The second-order valence-corrected chi connectivity index (χ2v) is 7.63. The lowest BCUT2D eigenvalue weighted by Gasteiger charge is -2.18. The van der Waals surface area contributed by atoms with Crippen LogP contribution >= 0.6 is 11.3 Å². The van der Waals surface area contributed by atoms with Gasteiger partial charge in [0.05, 0.1) is 25.6 Å². The van der Waals surface area contributed by atoms with E-state index in [1.165, 1.54) is 50.3 Å². The van der Waals surface area contributed by atoms with E-state index in [2.05, 4.69) is 9.98 Å². The minimum atomic E-state index is -0.654. The van der Waals surface area contributed by atoms with E-state index in [0.29, 0.717) is 22.8 Å². The topological polar surface area (TPSA) is 90.3 Å². The SMILES string of the molecule is COc1cc(OC)cc(C2=N/C(=C/c3csc(N(C(C)=O)c4ccccc4F)n3)C(=O)O2)c1. The van der Waals surface area contributed by atoms with E-state index in [4.69, 9.17) is 14.2 Å². The molecule has 0 fully saturated rings. The lowest BCUT2D eigenvalue weighted by atomic mass is 10.2. The third-order valence-corrected chi connectivity index (χ3v) is 5.46. The largest absolute Gasteiger partial charge is 0.497 e. The summed E-state index contributed by atoms with van der Waals surface area (Å²) in [6, 6.07) is 10.9. The van der Waals surface area contributed by atoms with Gasteiger partial charge >= 0.3 is 5.97 Å². The number of esters is 1. The molecule has 1 amide bonds. The number of benzene rings is 2. The van der Waals surface area contributed by atoms with Gasteiger partial charge in [-0.25, -0.2) is 19.2 Å². The zero-order valence-corrected chi connectivity index (χ0v) is 18.7. The number of carbonyl (C=O) groups excluding carboxylic acids is 2. The molecule has 8 nitrogen and oxygen atoms in total. The zero-order valence-electron chi connectivity index (χ0n) is 17.9. The van der Waals surface area contributed by atoms with E-state index < -0.39 is 17.7 Å². The number of halogens is 1. The molecule has 0 unspecified atom stereocenters. The Morgan fingerprint density at radius 2 is 1.85 bits per heavy atom. The van der Waals surface area contributed by atoms with Gasteiger partial charge in [0.25, 0.3) is 0 Å². The molecule has 33 heavy (non-hydrogen) atoms. The van der Waals surface area contributed by atoms with Gasteiger partial charge in [-0.3, -0.25) is 9.69 Å². The molecule has 0 saturated carbocycles. The molecular weight excluding hydrogens is 449 g/mol. The first kappa shape index (κ1) is 22.2. The molecule has 1 aliphatic rings. The number of cyclic esters (lactones) is 1. The maximum absolute atomic E-state index is 14.3. The average Bonchev–Trinajstić information content (AvgIpc) is 3.41. The third-order valence-electron chi connectivity index (χ3n) is 4.61. The number of anilines is 2. The number of rotatable bonds is 6. The Morgan fingerprint density at radius 1 is 1.15 bits per heavy atom. The van der Waals surface area contributed by atoms with Gasteiger partial charge in [0, 0.05) is 23.9 Å². The number of thiazole rings is 1. The molecule has 0 N–H and O–H groups in total. The van der Waals surface area contributed by atoms with Gasteiger partial charge in [-0.15, -0.1) is 11.3 Å². The quantitative estimate of drug-likeness (QED) is 0.396. The molecule has 2 heterocycles. The molecule has 3 aromatic rings. The highest BCUT2D eigenvalue weighted by atomic mass is 32.1. The van der Waals surface area contributed by atoms with Crippen molar-refractivity contribution in [3.05, 3.63) is 70.6 Å². The molecule has 2 aromatic carbocycles. The normalized spacial score (nSPS) is 14.1. The molecule has 4 rings (SSSR count). The Labute approximate surface area is 192 Å². The molecule has 0 radical (unpaired) electrons. The summed E-state index contributed by atoms with van der Waals surface area (Å²) in [7, 11) is 3.02. The first-order chi connectivity index (χ1) is 15.9. The van der Waals surface area contributed by atoms with Gasteiger partial charge in [-0.2, -0.15) is 0 Å². The van der Waals surface area contributed by atoms with Gasteiger partial charge < -0.3 is 14.2 Å². The monoisotopic (exact) mass is 467 g/mol. The van der Waals surface area contributed by atoms with Gasteiger partial charge in [-0.05, 0) is 30.3 Å². The van der Waals surface area contributed by atoms with Crippen LogP contribution in [0.3, 0.4) is 0 Å². The van der Waals surface area contributed by atoms with E-state index in [0.717, 1.165) is 11.3 Å². The molecule has 0 atom stereocenters. The molecule has 10 heteroatoms. The van der Waals surface area contributed by atoms with Crippen LogP contribution in [0, 0.1) is 5.82 Å². The number of aromatic nitrogens is 1. The fraction of sp³-hybridized carbons (Fsp3) is 0.130. The number of para-hydroxylation sites is 1. The Balaban J connectivity index is 1.65. The molecule has 1 aromatic heterocycles. The van der Waals surface area contributed by atoms with Crippen LogP contribution in [-0.4, -0.2) is 37.0 Å². The van der Waals surface area contributed by atoms with Crippen molar-refractivity contribution in [1.29, 1.82) is 0 Å². The summed E-state index contributed by atoms with van der Waals surface area (Å²) in [6.45, 7) is 1.32. The second kappa shape index (κ2) is 9.21. The highest BCUT2D eigenvalue weighted by Gasteiger charge is 2.26. The minimum Gasteiger partial charge on any atom is -0.497 e. The third kappa shape index (κ3) is 4.60. The lowest BCUT2D eigenvalue weighted by Crippen LogP contribution is -2.23. The van der Waals surface area contributed by atoms with Crippen molar-refractivity contribution in [2.24, 2.45) is 4.99 Å². The Bertz CT molecular complexity index is 1280. The van der Waals surface area contributed by atoms with E-state index in [9.17, 15) is 14.0 Å². The van der Waals surface area contributed by atoms with Crippen molar-refractivity contribution in [1.82, 2.24) is 4.98 Å². The van der Waals surface area contributed by atoms with Crippen LogP contribution in [0.2, 0.25) is 0 Å². The van der Waals surface area contributed by atoms with Gasteiger partial charge in [0.15, 0.2) is 10.8 Å². The Morgan fingerprint density at radius 3 is 2.48 bits per heavy atom. The van der Waals surface area contributed by atoms with Crippen molar-refractivity contribution in [3.63, 3.8) is 0 Å². The van der Waals surface area contributed by atoms with Crippen LogP contribution in [0.5, 0.6) is 11.5 Å². The number of hydrogen-bond acceptors (Lipinski definition) is 8. The number of aliphatic imine (C=N–C) groups is 1. The van der Waals surface area contributed by atoms with Gasteiger partial charge in [0.1, 0.15) is 17.3 Å². The highest BCUT2D eigenvalue weighted by Crippen LogP contribution is 2.32. The number of amides is 1. The molecule has 0 spiro atoms. The van der Waals surface area contributed by atoms with E-state index >= 15 is 0 Å². The molecule has 0 saturated heterocycles.